The van der Waals surface area contributed by atoms with E-state index in [-0.39, 0.29) is 5.97 Å². The van der Waals surface area contributed by atoms with Crippen molar-refractivity contribution in [3.8, 4) is 0 Å². The zero-order chi connectivity index (χ0) is 18.5. The Hall–Kier alpha value is -1.31. The van der Waals surface area contributed by atoms with Crippen molar-refractivity contribution >= 4 is 5.97 Å². The van der Waals surface area contributed by atoms with Crippen LogP contribution in [0.15, 0.2) is 18.2 Å². The van der Waals surface area contributed by atoms with Crippen molar-refractivity contribution < 1.29 is 9.53 Å². The van der Waals surface area contributed by atoms with E-state index in [1.807, 2.05) is 12.1 Å². The lowest BCUT2D eigenvalue weighted by atomic mass is 10.0. The fraction of sp³-hybridized carbons (Fsp3) is 0.696. The quantitative estimate of drug-likeness (QED) is 0.299. The van der Waals surface area contributed by atoms with Crippen LogP contribution in [-0.4, -0.2) is 12.6 Å². The van der Waals surface area contributed by atoms with Crippen LogP contribution in [-0.2, 0) is 16.0 Å². The van der Waals surface area contributed by atoms with E-state index in [2.05, 4.69) is 33.8 Å². The van der Waals surface area contributed by atoms with Gasteiger partial charge in [-0.15, -0.1) is 0 Å². The first-order chi connectivity index (χ1) is 12.0. The van der Waals surface area contributed by atoms with E-state index in [9.17, 15) is 4.79 Å². The smallest absolute Gasteiger partial charge is 0.310 e. The van der Waals surface area contributed by atoms with Gasteiger partial charge in [0.15, 0.2) is 0 Å². The van der Waals surface area contributed by atoms with Gasteiger partial charge in [0.1, 0.15) is 0 Å². The van der Waals surface area contributed by atoms with E-state index < -0.39 is 0 Å². The van der Waals surface area contributed by atoms with E-state index in [0.29, 0.717) is 13.0 Å². The molecule has 25 heavy (non-hydrogen) atoms. The topological polar surface area (TPSA) is 26.3 Å². The Kier molecular flexibility index (Phi) is 11.3. The van der Waals surface area contributed by atoms with Crippen LogP contribution in [0.1, 0.15) is 88.3 Å². The van der Waals surface area contributed by atoms with Crippen LogP contribution in [0.3, 0.4) is 0 Å². The number of aryl methyl sites for hydroxylation is 1. The predicted octanol–water partition coefficient (Wildman–Crippen LogP) is 6.56. The van der Waals surface area contributed by atoms with Gasteiger partial charge in [0.05, 0.1) is 13.0 Å². The fourth-order valence-electron chi connectivity index (χ4n) is 3.11. The summed E-state index contributed by atoms with van der Waals surface area (Å²) in [7, 11) is 0. The van der Waals surface area contributed by atoms with E-state index >= 15 is 0 Å². The van der Waals surface area contributed by atoms with Crippen LogP contribution >= 0.6 is 0 Å². The lowest BCUT2D eigenvalue weighted by Crippen LogP contribution is -2.10. The third-order valence-electron chi connectivity index (χ3n) is 4.99. The minimum absolute atomic E-state index is 0.0983. The molecule has 0 aromatic heterocycles. The van der Waals surface area contributed by atoms with Crippen molar-refractivity contribution in [2.24, 2.45) is 5.92 Å². The Morgan fingerprint density at radius 1 is 0.920 bits per heavy atom. The summed E-state index contributed by atoms with van der Waals surface area (Å²) in [6.45, 7) is 9.32. The van der Waals surface area contributed by atoms with E-state index in [0.717, 1.165) is 17.9 Å². The number of benzene rings is 1. The molecular weight excluding hydrogens is 308 g/mol. The van der Waals surface area contributed by atoms with Crippen molar-refractivity contribution in [3.05, 3.63) is 34.9 Å². The second kappa shape index (κ2) is 13.0. The Morgan fingerprint density at radius 3 is 2.16 bits per heavy atom. The molecule has 0 amide bonds. The number of unbranched alkanes of at least 4 members (excludes halogenated alkanes) is 7. The molecule has 0 aliphatic carbocycles. The van der Waals surface area contributed by atoms with Crippen molar-refractivity contribution in [2.75, 3.05) is 6.61 Å². The summed E-state index contributed by atoms with van der Waals surface area (Å²) in [6.07, 6.45) is 12.0. The second-order valence-electron chi connectivity index (χ2n) is 7.77. The summed E-state index contributed by atoms with van der Waals surface area (Å²) in [5.41, 5.74) is 3.52. The SMILES string of the molecule is Cc1cccc(CC(=O)OCCCCCCCCCCC(C)C)c1C. The first kappa shape index (κ1) is 21.7. The van der Waals surface area contributed by atoms with Crippen LogP contribution in [0.2, 0.25) is 0 Å². The zero-order valence-corrected chi connectivity index (χ0v) is 16.9. The van der Waals surface area contributed by atoms with Gasteiger partial charge in [0.25, 0.3) is 0 Å². The summed E-state index contributed by atoms with van der Waals surface area (Å²) in [5.74, 6) is 0.747. The van der Waals surface area contributed by atoms with Gasteiger partial charge in [-0.3, -0.25) is 4.79 Å². The van der Waals surface area contributed by atoms with Gasteiger partial charge < -0.3 is 4.74 Å². The van der Waals surface area contributed by atoms with Crippen molar-refractivity contribution in [3.63, 3.8) is 0 Å². The molecule has 0 aliphatic heterocycles. The van der Waals surface area contributed by atoms with Crippen molar-refractivity contribution in [2.45, 2.75) is 91.9 Å². The molecule has 0 radical (unpaired) electrons. The van der Waals surface area contributed by atoms with Crippen LogP contribution in [0.5, 0.6) is 0 Å². The molecule has 2 nitrogen and oxygen atoms in total. The largest absolute Gasteiger partial charge is 0.465 e. The lowest BCUT2D eigenvalue weighted by Gasteiger charge is -2.09. The van der Waals surface area contributed by atoms with Gasteiger partial charge in [-0.2, -0.15) is 0 Å². The molecule has 1 aromatic carbocycles. The molecule has 0 unspecified atom stereocenters. The molecule has 1 aromatic rings. The molecule has 0 saturated heterocycles. The maximum atomic E-state index is 11.9. The van der Waals surface area contributed by atoms with Gasteiger partial charge in [-0.25, -0.2) is 0 Å². The van der Waals surface area contributed by atoms with Gasteiger partial charge in [-0.1, -0.05) is 83.4 Å². The van der Waals surface area contributed by atoms with Gasteiger partial charge in [-0.05, 0) is 42.9 Å². The van der Waals surface area contributed by atoms with Crippen LogP contribution in [0.25, 0.3) is 0 Å². The fourth-order valence-corrected chi connectivity index (χ4v) is 3.11. The number of carbonyl (C=O) groups is 1. The molecule has 1 rings (SSSR count). The molecule has 0 N–H and O–H groups in total. The Bertz CT molecular complexity index is 491. The summed E-state index contributed by atoms with van der Waals surface area (Å²) < 4.78 is 5.38. The normalized spacial score (nSPS) is 11.1. The maximum Gasteiger partial charge on any atom is 0.310 e. The third-order valence-corrected chi connectivity index (χ3v) is 4.99. The van der Waals surface area contributed by atoms with Crippen molar-refractivity contribution in [1.29, 1.82) is 0 Å². The molecule has 0 saturated carbocycles. The Balaban J connectivity index is 1.97. The van der Waals surface area contributed by atoms with Crippen LogP contribution in [0, 0.1) is 19.8 Å². The second-order valence-corrected chi connectivity index (χ2v) is 7.77. The Labute approximate surface area is 155 Å². The van der Waals surface area contributed by atoms with Gasteiger partial charge in [0, 0.05) is 0 Å². The molecule has 0 bridgehead atoms. The minimum atomic E-state index is -0.0983. The number of ether oxygens (including phenoxy) is 1. The molecule has 142 valence electrons. The van der Waals surface area contributed by atoms with E-state index in [1.165, 1.54) is 62.5 Å². The predicted molar refractivity (Wildman–Crippen MR) is 107 cm³/mol. The summed E-state index contributed by atoms with van der Waals surface area (Å²) in [6, 6.07) is 6.10. The average Bonchev–Trinajstić information content (AvgIpc) is 2.56. The standard InChI is InChI=1S/C23H38O2/c1-19(2)14-11-9-7-5-6-8-10-12-17-25-23(24)18-22-16-13-15-20(3)21(22)4/h13,15-16,19H,5-12,14,17-18H2,1-4H3. The van der Waals surface area contributed by atoms with Gasteiger partial charge >= 0.3 is 5.97 Å². The number of hydrogen-bond donors (Lipinski definition) is 0. The maximum absolute atomic E-state index is 11.9. The van der Waals surface area contributed by atoms with Crippen LogP contribution < -0.4 is 0 Å². The Morgan fingerprint density at radius 2 is 1.52 bits per heavy atom. The van der Waals surface area contributed by atoms with Crippen molar-refractivity contribution in [1.82, 2.24) is 0 Å². The minimum Gasteiger partial charge on any atom is -0.465 e. The first-order valence-corrected chi connectivity index (χ1v) is 10.2. The number of rotatable bonds is 13. The molecule has 0 fully saturated rings. The molecule has 0 heterocycles. The monoisotopic (exact) mass is 346 g/mol. The van der Waals surface area contributed by atoms with Gasteiger partial charge in [0.2, 0.25) is 0 Å². The highest BCUT2D eigenvalue weighted by Crippen LogP contribution is 2.14. The molecular formula is C23H38O2. The lowest BCUT2D eigenvalue weighted by molar-refractivity contribution is -0.142. The summed E-state index contributed by atoms with van der Waals surface area (Å²) in [5, 5.41) is 0. The first-order valence-electron chi connectivity index (χ1n) is 10.2. The van der Waals surface area contributed by atoms with E-state index in [4.69, 9.17) is 4.74 Å². The highest BCUT2D eigenvalue weighted by atomic mass is 16.5. The molecule has 0 aliphatic rings. The zero-order valence-electron chi connectivity index (χ0n) is 16.9. The highest BCUT2D eigenvalue weighted by molar-refractivity contribution is 5.73. The number of esters is 1. The summed E-state index contributed by atoms with van der Waals surface area (Å²) >= 11 is 0. The number of carbonyl (C=O) groups excluding carboxylic acids is 1. The summed E-state index contributed by atoms with van der Waals surface area (Å²) in [4.78, 5) is 11.9. The number of hydrogen-bond acceptors (Lipinski definition) is 2. The molecule has 0 spiro atoms. The average molecular weight is 347 g/mol. The van der Waals surface area contributed by atoms with E-state index in [1.54, 1.807) is 0 Å². The third kappa shape index (κ3) is 10.3. The highest BCUT2D eigenvalue weighted by Gasteiger charge is 2.08. The molecule has 0 atom stereocenters. The molecule has 2 heteroatoms. The van der Waals surface area contributed by atoms with Crippen LogP contribution in [0.4, 0.5) is 0 Å².